The quantitative estimate of drug-likeness (QED) is 0.694. The summed E-state index contributed by atoms with van der Waals surface area (Å²) in [5.74, 6) is 1.87. The third-order valence-corrected chi connectivity index (χ3v) is 2.52. The summed E-state index contributed by atoms with van der Waals surface area (Å²) in [6.45, 7) is 4.03. The van der Waals surface area contributed by atoms with Gasteiger partial charge in [-0.3, -0.25) is 0 Å². The van der Waals surface area contributed by atoms with Gasteiger partial charge >= 0.3 is 0 Å². The lowest BCUT2D eigenvalue weighted by molar-refractivity contribution is 0.625. The molecule has 0 saturated carbocycles. The molecular formula is C10H13FS. The van der Waals surface area contributed by atoms with E-state index in [9.17, 15) is 4.39 Å². The summed E-state index contributed by atoms with van der Waals surface area (Å²) in [5, 5.41) is 0. The molecule has 0 heterocycles. The van der Waals surface area contributed by atoms with E-state index in [0.29, 0.717) is 0 Å². The van der Waals surface area contributed by atoms with Gasteiger partial charge in [-0.2, -0.15) is 11.8 Å². The molecule has 0 aliphatic carbocycles. The van der Waals surface area contributed by atoms with Crippen LogP contribution >= 0.6 is 11.8 Å². The maximum absolute atomic E-state index is 12.8. The van der Waals surface area contributed by atoms with Crippen LogP contribution in [0.5, 0.6) is 0 Å². The van der Waals surface area contributed by atoms with Gasteiger partial charge in [0.25, 0.3) is 0 Å². The minimum atomic E-state index is -0.123. The van der Waals surface area contributed by atoms with Crippen molar-refractivity contribution in [3.63, 3.8) is 0 Å². The molecule has 0 spiro atoms. The van der Waals surface area contributed by atoms with Crippen molar-refractivity contribution >= 4 is 11.8 Å². The van der Waals surface area contributed by atoms with E-state index in [2.05, 4.69) is 6.92 Å². The lowest BCUT2D eigenvalue weighted by Gasteiger charge is -2.01. The van der Waals surface area contributed by atoms with Crippen LogP contribution in [0, 0.1) is 12.7 Å². The second-order valence-electron chi connectivity index (χ2n) is 2.77. The molecule has 0 radical (unpaired) electrons. The van der Waals surface area contributed by atoms with Crippen molar-refractivity contribution in [1.29, 1.82) is 0 Å². The van der Waals surface area contributed by atoms with Gasteiger partial charge in [-0.05, 0) is 35.9 Å². The molecule has 0 nitrogen and oxygen atoms in total. The Labute approximate surface area is 77.2 Å². The van der Waals surface area contributed by atoms with Gasteiger partial charge in [0.2, 0.25) is 0 Å². The summed E-state index contributed by atoms with van der Waals surface area (Å²) in [6, 6.07) is 5.20. The van der Waals surface area contributed by atoms with Crippen LogP contribution in [0.25, 0.3) is 0 Å². The van der Waals surface area contributed by atoms with Crippen molar-refractivity contribution in [2.75, 3.05) is 5.75 Å². The first-order valence-electron chi connectivity index (χ1n) is 4.06. The van der Waals surface area contributed by atoms with Crippen LogP contribution < -0.4 is 0 Å². The zero-order chi connectivity index (χ0) is 8.97. The smallest absolute Gasteiger partial charge is 0.123 e. The largest absolute Gasteiger partial charge is 0.207 e. The third kappa shape index (κ3) is 2.86. The second-order valence-corrected chi connectivity index (χ2v) is 4.05. The SMILES string of the molecule is CCSCc1cc(C)cc(F)c1. The summed E-state index contributed by atoms with van der Waals surface area (Å²) in [7, 11) is 0. The Kier molecular flexibility index (Phi) is 3.60. The Morgan fingerprint density at radius 1 is 1.33 bits per heavy atom. The first-order valence-corrected chi connectivity index (χ1v) is 5.21. The fourth-order valence-electron chi connectivity index (χ4n) is 1.12. The molecule has 0 aliphatic heterocycles. The summed E-state index contributed by atoms with van der Waals surface area (Å²) in [6.07, 6.45) is 0. The number of thioether (sulfide) groups is 1. The van der Waals surface area contributed by atoms with Gasteiger partial charge in [0.1, 0.15) is 5.82 Å². The van der Waals surface area contributed by atoms with E-state index < -0.39 is 0 Å². The minimum absolute atomic E-state index is 0.123. The Morgan fingerprint density at radius 3 is 2.67 bits per heavy atom. The van der Waals surface area contributed by atoms with Gasteiger partial charge in [-0.25, -0.2) is 4.39 Å². The van der Waals surface area contributed by atoms with Gasteiger partial charge in [0, 0.05) is 5.75 Å². The van der Waals surface area contributed by atoms with Gasteiger partial charge in [0.15, 0.2) is 0 Å². The average Bonchev–Trinajstić information content (AvgIpc) is 1.99. The molecule has 0 aromatic heterocycles. The van der Waals surface area contributed by atoms with Crippen molar-refractivity contribution in [2.24, 2.45) is 0 Å². The van der Waals surface area contributed by atoms with Crippen LogP contribution in [0.3, 0.4) is 0 Å². The monoisotopic (exact) mass is 184 g/mol. The van der Waals surface area contributed by atoms with E-state index in [0.717, 1.165) is 22.6 Å². The Bertz CT molecular complexity index is 238. The van der Waals surface area contributed by atoms with Crippen LogP contribution in [0.4, 0.5) is 4.39 Å². The number of rotatable bonds is 3. The highest BCUT2D eigenvalue weighted by molar-refractivity contribution is 7.98. The van der Waals surface area contributed by atoms with Crippen molar-refractivity contribution in [2.45, 2.75) is 19.6 Å². The number of hydrogen-bond donors (Lipinski definition) is 0. The van der Waals surface area contributed by atoms with E-state index in [1.807, 2.05) is 24.8 Å². The third-order valence-electron chi connectivity index (χ3n) is 1.57. The van der Waals surface area contributed by atoms with Gasteiger partial charge < -0.3 is 0 Å². The maximum Gasteiger partial charge on any atom is 0.123 e. The van der Waals surface area contributed by atoms with Crippen LogP contribution in [0.15, 0.2) is 18.2 Å². The molecule has 0 atom stereocenters. The maximum atomic E-state index is 12.8. The molecule has 0 saturated heterocycles. The number of aryl methyl sites for hydroxylation is 1. The Balaban J connectivity index is 2.72. The normalized spacial score (nSPS) is 10.2. The van der Waals surface area contributed by atoms with E-state index in [-0.39, 0.29) is 5.82 Å². The molecule has 1 aromatic carbocycles. The summed E-state index contributed by atoms with van der Waals surface area (Å²) < 4.78 is 12.8. The van der Waals surface area contributed by atoms with E-state index in [1.54, 1.807) is 12.1 Å². The molecule has 66 valence electrons. The lowest BCUT2D eigenvalue weighted by Crippen LogP contribution is -1.85. The molecule has 1 rings (SSSR count). The van der Waals surface area contributed by atoms with Gasteiger partial charge in [-0.1, -0.05) is 13.0 Å². The average molecular weight is 184 g/mol. The summed E-state index contributed by atoms with van der Waals surface area (Å²) in [5.41, 5.74) is 2.08. The highest BCUT2D eigenvalue weighted by Crippen LogP contribution is 2.14. The van der Waals surface area contributed by atoms with Gasteiger partial charge in [0.05, 0.1) is 0 Å². The molecule has 0 N–H and O–H groups in total. The number of hydrogen-bond acceptors (Lipinski definition) is 1. The molecule has 2 heteroatoms. The predicted octanol–water partition coefficient (Wildman–Crippen LogP) is 3.39. The Morgan fingerprint density at radius 2 is 2.08 bits per heavy atom. The van der Waals surface area contributed by atoms with Crippen molar-refractivity contribution < 1.29 is 4.39 Å². The minimum Gasteiger partial charge on any atom is -0.207 e. The van der Waals surface area contributed by atoms with Crippen molar-refractivity contribution in [3.05, 3.63) is 35.1 Å². The number of benzene rings is 1. The summed E-state index contributed by atoms with van der Waals surface area (Å²) in [4.78, 5) is 0. The second kappa shape index (κ2) is 4.51. The first-order chi connectivity index (χ1) is 5.72. The topological polar surface area (TPSA) is 0 Å². The molecule has 12 heavy (non-hydrogen) atoms. The summed E-state index contributed by atoms with van der Waals surface area (Å²) >= 11 is 1.81. The zero-order valence-corrected chi connectivity index (χ0v) is 8.25. The standard InChI is InChI=1S/C10H13FS/c1-3-12-7-9-4-8(2)5-10(11)6-9/h4-6H,3,7H2,1-2H3. The lowest BCUT2D eigenvalue weighted by atomic mass is 10.1. The van der Waals surface area contributed by atoms with Crippen LogP contribution in [0.1, 0.15) is 18.1 Å². The van der Waals surface area contributed by atoms with Crippen LogP contribution in [0.2, 0.25) is 0 Å². The van der Waals surface area contributed by atoms with Crippen LogP contribution in [-0.4, -0.2) is 5.75 Å². The molecule has 0 unspecified atom stereocenters. The van der Waals surface area contributed by atoms with Gasteiger partial charge in [-0.15, -0.1) is 0 Å². The highest BCUT2D eigenvalue weighted by Gasteiger charge is 1.97. The molecular weight excluding hydrogens is 171 g/mol. The fourth-order valence-corrected chi connectivity index (χ4v) is 1.72. The van der Waals surface area contributed by atoms with E-state index in [1.165, 1.54) is 0 Å². The predicted molar refractivity (Wildman–Crippen MR) is 53.0 cm³/mol. The molecule has 0 aliphatic rings. The van der Waals surface area contributed by atoms with Crippen LogP contribution in [-0.2, 0) is 5.75 Å². The number of halogens is 1. The van der Waals surface area contributed by atoms with E-state index in [4.69, 9.17) is 0 Å². The fraction of sp³-hybridized carbons (Fsp3) is 0.400. The molecule has 0 amide bonds. The highest BCUT2D eigenvalue weighted by atomic mass is 32.2. The van der Waals surface area contributed by atoms with E-state index >= 15 is 0 Å². The molecule has 1 aromatic rings. The molecule has 0 fully saturated rings. The van der Waals surface area contributed by atoms with Crippen molar-refractivity contribution in [3.8, 4) is 0 Å². The first kappa shape index (κ1) is 9.59. The van der Waals surface area contributed by atoms with Crippen molar-refractivity contribution in [1.82, 2.24) is 0 Å². The Hall–Kier alpha value is -0.500. The zero-order valence-electron chi connectivity index (χ0n) is 7.43. The molecule has 0 bridgehead atoms.